The molecule has 1 aromatic heterocycles. The van der Waals surface area contributed by atoms with Crippen molar-refractivity contribution in [2.75, 3.05) is 18.6 Å². The summed E-state index contributed by atoms with van der Waals surface area (Å²) in [7, 11) is -1.64. The minimum Gasteiger partial charge on any atom is -0.494 e. The molecule has 0 aliphatic carbocycles. The lowest BCUT2D eigenvalue weighted by molar-refractivity contribution is -0.142. The largest absolute Gasteiger partial charge is 0.494 e. The number of aromatic nitrogens is 1. The van der Waals surface area contributed by atoms with Gasteiger partial charge in [-0.3, -0.25) is 10.2 Å². The Hall–Kier alpha value is -2.43. The molecule has 0 saturated carbocycles. The van der Waals surface area contributed by atoms with Crippen LogP contribution in [0.1, 0.15) is 25.1 Å². The summed E-state index contributed by atoms with van der Waals surface area (Å²) >= 11 is 1.32. The molecule has 0 aliphatic heterocycles. The first kappa shape index (κ1) is 19.9. The third-order valence-electron chi connectivity index (χ3n) is 3.17. The first-order valence-electron chi connectivity index (χ1n) is 8.05. The van der Waals surface area contributed by atoms with Crippen LogP contribution in [0.25, 0.3) is 0 Å². The van der Waals surface area contributed by atoms with Gasteiger partial charge in [0.25, 0.3) is 0 Å². The molecule has 2 rings (SSSR count). The van der Waals surface area contributed by atoms with Crippen LogP contribution >= 0.6 is 11.3 Å². The molecule has 0 amide bonds. The molecule has 8 nitrogen and oxygen atoms in total. The molecular weight excluding hydrogens is 357 g/mol. The third kappa shape index (κ3) is 5.83. The average molecular weight is 377 g/mol. The van der Waals surface area contributed by atoms with Gasteiger partial charge < -0.3 is 19.5 Å². The fourth-order valence-electron chi connectivity index (χ4n) is 2.10. The van der Waals surface area contributed by atoms with Crippen molar-refractivity contribution >= 4 is 41.2 Å². The molecule has 0 aliphatic rings. The summed E-state index contributed by atoms with van der Waals surface area (Å²) in [4.78, 5) is 15.7. The summed E-state index contributed by atoms with van der Waals surface area (Å²) in [5.74, 6) is 0.0912. The quantitative estimate of drug-likeness (QED) is 0.256. The molecule has 0 atom stereocenters. The van der Waals surface area contributed by atoms with Gasteiger partial charge in [0, 0.05) is 10.8 Å². The van der Waals surface area contributed by atoms with Crippen LogP contribution in [-0.2, 0) is 16.0 Å². The first-order chi connectivity index (χ1) is 12.5. The van der Waals surface area contributed by atoms with E-state index < -0.39 is 7.12 Å². The van der Waals surface area contributed by atoms with Crippen LogP contribution < -0.4 is 15.6 Å². The Labute approximate surface area is 155 Å². The van der Waals surface area contributed by atoms with E-state index in [2.05, 4.69) is 15.5 Å². The molecule has 3 N–H and O–H groups in total. The highest BCUT2D eigenvalue weighted by Crippen LogP contribution is 2.16. The number of hydrogen-bond acceptors (Lipinski definition) is 9. The zero-order valence-electron chi connectivity index (χ0n) is 14.5. The summed E-state index contributed by atoms with van der Waals surface area (Å²) in [5, 5.41) is 25.2. The topological polar surface area (TPSA) is 113 Å². The maximum atomic E-state index is 11.4. The number of nitrogens with one attached hydrogen (secondary N) is 1. The van der Waals surface area contributed by atoms with Gasteiger partial charge in [-0.05, 0) is 37.6 Å². The molecule has 1 aromatic carbocycles. The van der Waals surface area contributed by atoms with Crippen LogP contribution in [0.5, 0.6) is 5.75 Å². The maximum absolute atomic E-state index is 11.4. The van der Waals surface area contributed by atoms with E-state index in [1.165, 1.54) is 17.6 Å². The molecule has 2 aromatic rings. The molecule has 0 saturated heterocycles. The first-order valence-corrected chi connectivity index (χ1v) is 8.93. The number of ether oxygens (including phenoxy) is 2. The van der Waals surface area contributed by atoms with Crippen molar-refractivity contribution in [3.63, 3.8) is 0 Å². The van der Waals surface area contributed by atoms with Gasteiger partial charge in [-0.15, -0.1) is 11.3 Å². The third-order valence-corrected chi connectivity index (χ3v) is 3.96. The minimum absolute atomic E-state index is 0.117. The Bertz CT molecular complexity index is 766. The van der Waals surface area contributed by atoms with Crippen molar-refractivity contribution in [3.8, 4) is 5.75 Å². The van der Waals surface area contributed by atoms with Crippen LogP contribution in [-0.4, -0.2) is 47.5 Å². The smallest absolute Gasteiger partial charge is 0.492 e. The van der Waals surface area contributed by atoms with Crippen LogP contribution in [0.3, 0.4) is 0 Å². The van der Waals surface area contributed by atoms with Gasteiger partial charge in [-0.1, -0.05) is 0 Å². The van der Waals surface area contributed by atoms with E-state index in [1.54, 1.807) is 30.5 Å². The summed E-state index contributed by atoms with van der Waals surface area (Å²) in [6.07, 6.45) is 1.64. The highest BCUT2D eigenvalue weighted by molar-refractivity contribution is 7.13. The number of carbonyl (C=O) groups excluding carboxylic acids is 1. The van der Waals surface area contributed by atoms with E-state index in [0.29, 0.717) is 35.4 Å². The Balaban J connectivity index is 1.99. The molecule has 0 bridgehead atoms. The van der Waals surface area contributed by atoms with Gasteiger partial charge in [0.1, 0.15) is 5.75 Å². The summed E-state index contributed by atoms with van der Waals surface area (Å²) in [6.45, 7) is 4.33. The summed E-state index contributed by atoms with van der Waals surface area (Å²) in [6, 6.07) is 4.98. The highest BCUT2D eigenvalue weighted by Gasteiger charge is 2.17. The maximum Gasteiger partial charge on any atom is 0.492 e. The average Bonchev–Trinajstić information content (AvgIpc) is 3.03. The Morgan fingerprint density at radius 2 is 2.19 bits per heavy atom. The lowest BCUT2D eigenvalue weighted by atomic mass is 9.79. The summed E-state index contributed by atoms with van der Waals surface area (Å²) < 4.78 is 10.2. The van der Waals surface area contributed by atoms with Crippen LogP contribution in [0, 0.1) is 0 Å². The Kier molecular flexibility index (Phi) is 7.58. The fraction of sp³-hybridized carbons (Fsp3) is 0.312. The number of hydrogen-bond donors (Lipinski definition) is 3. The van der Waals surface area contributed by atoms with Crippen molar-refractivity contribution in [1.82, 2.24) is 4.98 Å². The number of thiazole rings is 1. The van der Waals surface area contributed by atoms with Crippen molar-refractivity contribution in [1.29, 1.82) is 0 Å². The van der Waals surface area contributed by atoms with Crippen LogP contribution in [0.15, 0.2) is 28.7 Å². The predicted molar refractivity (Wildman–Crippen MR) is 101 cm³/mol. The monoisotopic (exact) mass is 377 g/mol. The number of anilines is 1. The van der Waals surface area contributed by atoms with E-state index in [4.69, 9.17) is 9.47 Å². The van der Waals surface area contributed by atoms with Gasteiger partial charge in [-0.25, -0.2) is 4.98 Å². The molecule has 0 radical (unpaired) electrons. The number of carbonyl (C=O) groups is 1. The van der Waals surface area contributed by atoms with Gasteiger partial charge >= 0.3 is 13.1 Å². The molecule has 10 heteroatoms. The van der Waals surface area contributed by atoms with Gasteiger partial charge in [0.05, 0.1) is 31.5 Å². The van der Waals surface area contributed by atoms with Gasteiger partial charge in [0.15, 0.2) is 0 Å². The van der Waals surface area contributed by atoms with Crippen molar-refractivity contribution in [2.24, 2.45) is 5.10 Å². The molecule has 1 heterocycles. The van der Waals surface area contributed by atoms with E-state index in [-0.39, 0.29) is 17.9 Å². The second kappa shape index (κ2) is 9.90. The zero-order valence-corrected chi connectivity index (χ0v) is 15.3. The SMILES string of the molecule is CCOC(=O)Cc1csc(NN=Cc2ccc(OCC)c(B(O)O)c2)n1. The van der Waals surface area contributed by atoms with Gasteiger partial charge in [0.2, 0.25) is 5.13 Å². The number of rotatable bonds is 9. The van der Waals surface area contributed by atoms with E-state index >= 15 is 0 Å². The lowest BCUT2D eigenvalue weighted by Crippen LogP contribution is -2.31. The molecular formula is C16H20BN3O5S. The summed E-state index contributed by atoms with van der Waals surface area (Å²) in [5.41, 5.74) is 4.31. The predicted octanol–water partition coefficient (Wildman–Crippen LogP) is 0.773. The number of benzene rings is 1. The minimum atomic E-state index is -1.64. The molecule has 0 spiro atoms. The second-order valence-corrected chi connectivity index (χ2v) is 5.96. The normalized spacial score (nSPS) is 10.8. The van der Waals surface area contributed by atoms with E-state index in [1.807, 2.05) is 6.92 Å². The Morgan fingerprint density at radius 1 is 1.38 bits per heavy atom. The van der Waals surface area contributed by atoms with Crippen LogP contribution in [0.2, 0.25) is 0 Å². The molecule has 26 heavy (non-hydrogen) atoms. The van der Waals surface area contributed by atoms with Crippen molar-refractivity contribution in [3.05, 3.63) is 34.8 Å². The van der Waals surface area contributed by atoms with Crippen molar-refractivity contribution in [2.45, 2.75) is 20.3 Å². The molecule has 138 valence electrons. The number of nitrogens with zero attached hydrogens (tertiary/aromatic N) is 2. The van der Waals surface area contributed by atoms with Gasteiger partial charge in [-0.2, -0.15) is 5.10 Å². The zero-order chi connectivity index (χ0) is 18.9. The lowest BCUT2D eigenvalue weighted by Gasteiger charge is -2.10. The van der Waals surface area contributed by atoms with E-state index in [9.17, 15) is 14.8 Å². The second-order valence-electron chi connectivity index (χ2n) is 5.10. The fourth-order valence-corrected chi connectivity index (χ4v) is 2.76. The molecule has 0 fully saturated rings. The Morgan fingerprint density at radius 3 is 2.88 bits per heavy atom. The highest BCUT2D eigenvalue weighted by atomic mass is 32.1. The number of esters is 1. The van der Waals surface area contributed by atoms with Crippen molar-refractivity contribution < 1.29 is 24.3 Å². The standard InChI is InChI=1S/C16H20BN3O5S/c1-3-24-14-6-5-11(7-13(14)17(22)23)9-18-20-16-19-12(10-26-16)8-15(21)25-4-2/h5-7,9-10,22-23H,3-4,8H2,1-2H3,(H,19,20). The number of hydrazone groups is 1. The van der Waals surface area contributed by atoms with E-state index in [0.717, 1.165) is 0 Å². The molecule has 0 unspecified atom stereocenters. The van der Waals surface area contributed by atoms with Crippen LogP contribution in [0.4, 0.5) is 5.13 Å².